The summed E-state index contributed by atoms with van der Waals surface area (Å²) in [4.78, 5) is 26.0. The first-order chi connectivity index (χ1) is 16.5. The first-order valence-corrected chi connectivity index (χ1v) is 10.9. The summed E-state index contributed by atoms with van der Waals surface area (Å²) in [7, 11) is 2.85. The number of nitro groups is 1. The van der Waals surface area contributed by atoms with E-state index in [0.29, 0.717) is 24.3 Å². The van der Waals surface area contributed by atoms with Crippen molar-refractivity contribution in [1.82, 2.24) is 4.90 Å². The molecule has 0 aromatic heterocycles. The Morgan fingerprint density at radius 1 is 1.03 bits per heavy atom. The van der Waals surface area contributed by atoms with E-state index in [-0.39, 0.29) is 30.6 Å². The van der Waals surface area contributed by atoms with E-state index in [4.69, 9.17) is 14.2 Å². The minimum absolute atomic E-state index is 0.0914. The van der Waals surface area contributed by atoms with E-state index in [9.17, 15) is 14.9 Å². The van der Waals surface area contributed by atoms with Crippen LogP contribution in [-0.2, 0) is 35.6 Å². The molecule has 0 N–H and O–H groups in total. The number of methoxy groups -OCH3 is 2. The number of carbonyl (C=O) groups excluding carboxylic acids is 1. The predicted octanol–water partition coefficient (Wildman–Crippen LogP) is 4.28. The fraction of sp³-hybridized carbons (Fsp3) is 0.269. The minimum atomic E-state index is -0.542. The monoisotopic (exact) mass is 462 g/mol. The van der Waals surface area contributed by atoms with E-state index in [1.54, 1.807) is 6.07 Å². The first kappa shape index (κ1) is 23.3. The molecule has 0 saturated carbocycles. The molecule has 0 aliphatic carbocycles. The third kappa shape index (κ3) is 5.02. The maximum absolute atomic E-state index is 12.6. The van der Waals surface area contributed by atoms with Gasteiger partial charge in [-0.05, 0) is 29.2 Å². The van der Waals surface area contributed by atoms with Gasteiger partial charge in [-0.15, -0.1) is 0 Å². The lowest BCUT2D eigenvalue weighted by atomic mass is 9.93. The Morgan fingerprint density at radius 2 is 1.74 bits per heavy atom. The lowest BCUT2D eigenvalue weighted by Crippen LogP contribution is -2.45. The molecule has 0 spiro atoms. The highest BCUT2D eigenvalue weighted by Crippen LogP contribution is 2.37. The van der Waals surface area contributed by atoms with Crippen molar-refractivity contribution in [2.24, 2.45) is 0 Å². The van der Waals surface area contributed by atoms with Crippen LogP contribution in [0.3, 0.4) is 0 Å². The number of hydrogen-bond donors (Lipinski definition) is 0. The molecule has 8 heteroatoms. The topological polar surface area (TPSA) is 91.1 Å². The summed E-state index contributed by atoms with van der Waals surface area (Å²) in [5.74, 6) is 0.311. The fourth-order valence-electron chi connectivity index (χ4n) is 4.23. The van der Waals surface area contributed by atoms with Gasteiger partial charge < -0.3 is 14.2 Å². The molecule has 1 unspecified atom stereocenters. The summed E-state index contributed by atoms with van der Waals surface area (Å²) < 4.78 is 16.4. The lowest BCUT2D eigenvalue weighted by molar-refractivity contribution is -0.385. The van der Waals surface area contributed by atoms with Crippen molar-refractivity contribution in [2.75, 3.05) is 14.2 Å². The summed E-state index contributed by atoms with van der Waals surface area (Å²) in [6.07, 6.45) is 0.478. The predicted molar refractivity (Wildman–Crippen MR) is 126 cm³/mol. The molecule has 0 fully saturated rings. The SMILES string of the molecule is COC(=O)C1Cc2ccccc2CN1Cc1cc(OC)c(OCc2ccccc2)cc1[N+](=O)[O-]. The molecular weight excluding hydrogens is 436 g/mol. The minimum Gasteiger partial charge on any atom is -0.493 e. The van der Waals surface area contributed by atoms with E-state index in [1.807, 2.05) is 59.5 Å². The van der Waals surface area contributed by atoms with Gasteiger partial charge in [0.25, 0.3) is 5.69 Å². The van der Waals surface area contributed by atoms with Crippen LogP contribution in [0.2, 0.25) is 0 Å². The van der Waals surface area contributed by atoms with Crippen LogP contribution in [0, 0.1) is 10.1 Å². The number of esters is 1. The highest BCUT2D eigenvalue weighted by atomic mass is 16.6. The Bertz CT molecular complexity index is 1180. The van der Waals surface area contributed by atoms with Crippen LogP contribution in [0.1, 0.15) is 22.3 Å². The molecule has 3 aromatic carbocycles. The number of nitrogens with zero attached hydrogens (tertiary/aromatic N) is 2. The number of fused-ring (bicyclic) bond motifs is 1. The van der Waals surface area contributed by atoms with Gasteiger partial charge >= 0.3 is 5.97 Å². The zero-order valence-electron chi connectivity index (χ0n) is 19.1. The van der Waals surface area contributed by atoms with Crippen molar-refractivity contribution in [3.8, 4) is 11.5 Å². The summed E-state index contributed by atoms with van der Waals surface area (Å²) in [6, 6.07) is 19.9. The molecule has 3 aromatic rings. The number of rotatable bonds is 8. The highest BCUT2D eigenvalue weighted by Gasteiger charge is 2.34. The smallest absolute Gasteiger partial charge is 0.323 e. The Morgan fingerprint density at radius 3 is 2.41 bits per heavy atom. The summed E-state index contributed by atoms with van der Waals surface area (Å²) in [5, 5.41) is 12.0. The Balaban J connectivity index is 1.64. The zero-order chi connectivity index (χ0) is 24.1. The van der Waals surface area contributed by atoms with Gasteiger partial charge in [-0.2, -0.15) is 0 Å². The summed E-state index contributed by atoms with van der Waals surface area (Å²) in [6.45, 7) is 0.905. The van der Waals surface area contributed by atoms with E-state index in [2.05, 4.69) is 0 Å². The van der Waals surface area contributed by atoms with Gasteiger partial charge in [-0.3, -0.25) is 19.8 Å². The number of nitro benzene ring substituents is 1. The normalized spacial score (nSPS) is 15.3. The number of hydrogen-bond acceptors (Lipinski definition) is 7. The van der Waals surface area contributed by atoms with Gasteiger partial charge in [-0.25, -0.2) is 0 Å². The quantitative estimate of drug-likeness (QED) is 0.280. The largest absolute Gasteiger partial charge is 0.493 e. The van der Waals surface area contributed by atoms with Crippen molar-refractivity contribution in [2.45, 2.75) is 32.2 Å². The molecule has 8 nitrogen and oxygen atoms in total. The van der Waals surface area contributed by atoms with Gasteiger partial charge in [0.05, 0.1) is 25.2 Å². The Hall–Kier alpha value is -3.91. The van der Waals surface area contributed by atoms with Crippen LogP contribution in [-0.4, -0.2) is 36.1 Å². The van der Waals surface area contributed by atoms with E-state index < -0.39 is 11.0 Å². The zero-order valence-corrected chi connectivity index (χ0v) is 19.1. The van der Waals surface area contributed by atoms with E-state index in [0.717, 1.165) is 16.7 Å². The van der Waals surface area contributed by atoms with Crippen molar-refractivity contribution >= 4 is 11.7 Å². The maximum Gasteiger partial charge on any atom is 0.323 e. The molecule has 1 heterocycles. The fourth-order valence-corrected chi connectivity index (χ4v) is 4.23. The number of ether oxygens (including phenoxy) is 3. The summed E-state index contributed by atoms with van der Waals surface area (Å²) in [5.41, 5.74) is 3.43. The Labute approximate surface area is 197 Å². The highest BCUT2D eigenvalue weighted by molar-refractivity contribution is 5.76. The molecule has 4 rings (SSSR count). The number of benzene rings is 3. The standard InChI is InChI=1S/C26H26N2O6/c1-32-24-13-21(22(28(30)31)14-25(24)34-17-18-8-4-3-5-9-18)16-27-15-20-11-7-6-10-19(20)12-23(27)26(29)33-2/h3-11,13-14,23H,12,15-17H2,1-2H3. The molecule has 1 aliphatic rings. The van der Waals surface area contributed by atoms with Gasteiger partial charge in [0.2, 0.25) is 0 Å². The van der Waals surface area contributed by atoms with Crippen LogP contribution in [0.15, 0.2) is 66.7 Å². The van der Waals surface area contributed by atoms with Crippen LogP contribution in [0.25, 0.3) is 0 Å². The molecule has 0 saturated heterocycles. The molecule has 0 amide bonds. The number of carbonyl (C=O) groups is 1. The molecule has 0 radical (unpaired) electrons. The second-order valence-corrected chi connectivity index (χ2v) is 8.08. The van der Waals surface area contributed by atoms with Crippen molar-refractivity contribution < 1.29 is 23.9 Å². The van der Waals surface area contributed by atoms with Gasteiger partial charge in [0.15, 0.2) is 11.5 Å². The average molecular weight is 463 g/mol. The van der Waals surface area contributed by atoms with Gasteiger partial charge in [0.1, 0.15) is 12.6 Å². The van der Waals surface area contributed by atoms with Crippen LogP contribution < -0.4 is 9.47 Å². The molecule has 1 atom stereocenters. The second-order valence-electron chi connectivity index (χ2n) is 8.08. The Kier molecular flexibility index (Phi) is 7.08. The van der Waals surface area contributed by atoms with Gasteiger partial charge in [0, 0.05) is 18.7 Å². The molecular formula is C26H26N2O6. The lowest BCUT2D eigenvalue weighted by Gasteiger charge is -2.35. The summed E-state index contributed by atoms with van der Waals surface area (Å²) >= 11 is 0. The van der Waals surface area contributed by atoms with Gasteiger partial charge in [-0.1, -0.05) is 54.6 Å². The second kappa shape index (κ2) is 10.4. The van der Waals surface area contributed by atoms with Crippen LogP contribution in [0.4, 0.5) is 5.69 Å². The third-order valence-electron chi connectivity index (χ3n) is 5.99. The van der Waals surface area contributed by atoms with Crippen molar-refractivity contribution in [3.63, 3.8) is 0 Å². The first-order valence-electron chi connectivity index (χ1n) is 10.9. The molecule has 34 heavy (non-hydrogen) atoms. The van der Waals surface area contributed by atoms with E-state index in [1.165, 1.54) is 20.3 Å². The average Bonchev–Trinajstić information content (AvgIpc) is 2.87. The van der Waals surface area contributed by atoms with Crippen molar-refractivity contribution in [3.05, 3.63) is 99.1 Å². The van der Waals surface area contributed by atoms with Crippen molar-refractivity contribution in [1.29, 1.82) is 0 Å². The maximum atomic E-state index is 12.6. The van der Waals surface area contributed by atoms with E-state index >= 15 is 0 Å². The van der Waals surface area contributed by atoms with Crippen LogP contribution >= 0.6 is 0 Å². The third-order valence-corrected chi connectivity index (χ3v) is 5.99. The van der Waals surface area contributed by atoms with Crippen LogP contribution in [0.5, 0.6) is 11.5 Å². The molecule has 0 bridgehead atoms. The molecule has 176 valence electrons. The molecule has 1 aliphatic heterocycles.